The molecule has 106 valence electrons. The molecule has 0 aromatic carbocycles. The molecule has 0 saturated carbocycles. The van der Waals surface area contributed by atoms with E-state index in [1.165, 1.54) is 31.6 Å². The molecule has 2 rings (SSSR count). The lowest BCUT2D eigenvalue weighted by atomic mass is 9.88. The van der Waals surface area contributed by atoms with Gasteiger partial charge >= 0.3 is 0 Å². The zero-order valence-corrected chi connectivity index (χ0v) is 12.5. The second-order valence-electron chi connectivity index (χ2n) is 5.87. The number of nitrogens with one attached hydrogen (secondary N) is 1. The average Bonchev–Trinajstić information content (AvgIpc) is 2.43. The van der Waals surface area contributed by atoms with Crippen LogP contribution in [0.3, 0.4) is 0 Å². The summed E-state index contributed by atoms with van der Waals surface area (Å²) in [5, 5.41) is 3.42. The summed E-state index contributed by atoms with van der Waals surface area (Å²) in [4.78, 5) is 6.96. The third-order valence-corrected chi connectivity index (χ3v) is 4.23. The maximum Gasteiger partial charge on any atom is 0.0562 e. The molecule has 0 spiro atoms. The lowest BCUT2D eigenvalue weighted by Crippen LogP contribution is -2.38. The van der Waals surface area contributed by atoms with E-state index in [9.17, 15) is 0 Å². The molecule has 0 aliphatic carbocycles. The average molecular weight is 261 g/mol. The highest BCUT2D eigenvalue weighted by Gasteiger charge is 2.22. The van der Waals surface area contributed by atoms with Gasteiger partial charge in [0.2, 0.25) is 0 Å². The Morgan fingerprint density at radius 1 is 1.37 bits per heavy atom. The molecule has 1 aliphatic rings. The summed E-state index contributed by atoms with van der Waals surface area (Å²) in [6.07, 6.45) is 4.41. The minimum Gasteiger partial charge on any atom is -0.371 e. The number of rotatable bonds is 5. The molecule has 0 radical (unpaired) electrons. The number of pyridine rings is 1. The maximum absolute atomic E-state index is 4.45. The summed E-state index contributed by atoms with van der Waals surface area (Å²) in [7, 11) is 0. The smallest absolute Gasteiger partial charge is 0.0562 e. The van der Waals surface area contributed by atoms with Crippen LogP contribution in [0.1, 0.15) is 39.3 Å². The highest BCUT2D eigenvalue weighted by Crippen LogP contribution is 2.26. The SMILES string of the molecule is CCCNCc1cc(N2CCC(C)C(C)C2)ccn1. The van der Waals surface area contributed by atoms with Gasteiger partial charge in [-0.2, -0.15) is 0 Å². The molecule has 1 saturated heterocycles. The van der Waals surface area contributed by atoms with E-state index >= 15 is 0 Å². The molecule has 2 heterocycles. The number of anilines is 1. The van der Waals surface area contributed by atoms with Crippen LogP contribution in [0.4, 0.5) is 5.69 Å². The van der Waals surface area contributed by atoms with Crippen LogP contribution in [0.2, 0.25) is 0 Å². The lowest BCUT2D eigenvalue weighted by Gasteiger charge is -2.36. The standard InChI is InChI=1S/C16H27N3/c1-4-7-17-11-15-10-16(5-8-18-15)19-9-6-13(2)14(3)12-19/h5,8,10,13-14,17H,4,6-7,9,11-12H2,1-3H3. The van der Waals surface area contributed by atoms with Crippen LogP contribution < -0.4 is 10.2 Å². The molecule has 2 atom stereocenters. The molecule has 1 N–H and O–H groups in total. The molecule has 19 heavy (non-hydrogen) atoms. The molecule has 3 nitrogen and oxygen atoms in total. The first kappa shape index (κ1) is 14.3. The van der Waals surface area contributed by atoms with Crippen molar-refractivity contribution in [3.8, 4) is 0 Å². The summed E-state index contributed by atoms with van der Waals surface area (Å²) >= 11 is 0. The zero-order valence-electron chi connectivity index (χ0n) is 12.5. The zero-order chi connectivity index (χ0) is 13.7. The van der Waals surface area contributed by atoms with Crippen LogP contribution >= 0.6 is 0 Å². The van der Waals surface area contributed by atoms with E-state index in [0.717, 1.165) is 30.6 Å². The Kier molecular flexibility index (Phi) is 5.20. The summed E-state index contributed by atoms with van der Waals surface area (Å²) in [6, 6.07) is 4.39. The Morgan fingerprint density at radius 3 is 2.95 bits per heavy atom. The quantitative estimate of drug-likeness (QED) is 0.826. The fraction of sp³-hybridized carbons (Fsp3) is 0.688. The molecule has 2 unspecified atom stereocenters. The second-order valence-corrected chi connectivity index (χ2v) is 5.87. The minimum absolute atomic E-state index is 0.781. The Bertz CT molecular complexity index is 391. The minimum atomic E-state index is 0.781. The van der Waals surface area contributed by atoms with Crippen molar-refractivity contribution in [2.45, 2.75) is 40.2 Å². The van der Waals surface area contributed by atoms with Crippen LogP contribution in [0.25, 0.3) is 0 Å². The molecule has 1 aliphatic heterocycles. The van der Waals surface area contributed by atoms with Gasteiger partial charge in [-0.15, -0.1) is 0 Å². The summed E-state index contributed by atoms with van der Waals surface area (Å²) < 4.78 is 0. The van der Waals surface area contributed by atoms with E-state index in [2.05, 4.69) is 48.1 Å². The van der Waals surface area contributed by atoms with Crippen molar-refractivity contribution in [3.63, 3.8) is 0 Å². The van der Waals surface area contributed by atoms with Crippen molar-refractivity contribution in [2.24, 2.45) is 11.8 Å². The normalized spacial score (nSPS) is 23.6. The highest BCUT2D eigenvalue weighted by molar-refractivity contribution is 5.47. The largest absolute Gasteiger partial charge is 0.371 e. The van der Waals surface area contributed by atoms with E-state index in [1.54, 1.807) is 0 Å². The topological polar surface area (TPSA) is 28.2 Å². The van der Waals surface area contributed by atoms with Crippen LogP contribution in [0, 0.1) is 11.8 Å². The molecule has 3 heteroatoms. The first-order valence-corrected chi connectivity index (χ1v) is 7.61. The van der Waals surface area contributed by atoms with Crippen LogP contribution in [0.15, 0.2) is 18.3 Å². The first-order chi connectivity index (χ1) is 9.20. The van der Waals surface area contributed by atoms with Crippen molar-refractivity contribution < 1.29 is 0 Å². The summed E-state index contributed by atoms with van der Waals surface area (Å²) in [6.45, 7) is 11.2. The fourth-order valence-electron chi connectivity index (χ4n) is 2.65. The summed E-state index contributed by atoms with van der Waals surface area (Å²) in [5.74, 6) is 1.63. The third kappa shape index (κ3) is 3.93. The van der Waals surface area contributed by atoms with Gasteiger partial charge < -0.3 is 10.2 Å². The van der Waals surface area contributed by atoms with Gasteiger partial charge in [-0.05, 0) is 43.4 Å². The summed E-state index contributed by atoms with van der Waals surface area (Å²) in [5.41, 5.74) is 2.49. The van der Waals surface area contributed by atoms with Crippen LogP contribution in [-0.4, -0.2) is 24.6 Å². The lowest BCUT2D eigenvalue weighted by molar-refractivity contribution is 0.324. The van der Waals surface area contributed by atoms with Gasteiger partial charge in [-0.3, -0.25) is 4.98 Å². The van der Waals surface area contributed by atoms with Gasteiger partial charge in [-0.25, -0.2) is 0 Å². The van der Waals surface area contributed by atoms with Gasteiger partial charge in [0.15, 0.2) is 0 Å². The van der Waals surface area contributed by atoms with Crippen LogP contribution in [-0.2, 0) is 6.54 Å². The van der Waals surface area contributed by atoms with E-state index in [-0.39, 0.29) is 0 Å². The Morgan fingerprint density at radius 2 is 2.21 bits per heavy atom. The monoisotopic (exact) mass is 261 g/mol. The van der Waals surface area contributed by atoms with Crippen molar-refractivity contribution >= 4 is 5.69 Å². The number of hydrogen-bond acceptors (Lipinski definition) is 3. The van der Waals surface area contributed by atoms with Crippen molar-refractivity contribution in [3.05, 3.63) is 24.0 Å². The van der Waals surface area contributed by atoms with Gasteiger partial charge in [-0.1, -0.05) is 20.8 Å². The Hall–Kier alpha value is -1.09. The molecule has 1 aromatic heterocycles. The third-order valence-electron chi connectivity index (χ3n) is 4.23. The molecular weight excluding hydrogens is 234 g/mol. The predicted molar refractivity (Wildman–Crippen MR) is 81.4 cm³/mol. The van der Waals surface area contributed by atoms with E-state index < -0.39 is 0 Å². The first-order valence-electron chi connectivity index (χ1n) is 7.61. The highest BCUT2D eigenvalue weighted by atomic mass is 15.1. The van der Waals surface area contributed by atoms with Gasteiger partial charge in [0.1, 0.15) is 0 Å². The number of piperidine rings is 1. The molecule has 0 amide bonds. The number of hydrogen-bond donors (Lipinski definition) is 1. The van der Waals surface area contributed by atoms with Gasteiger partial charge in [0, 0.05) is 31.5 Å². The van der Waals surface area contributed by atoms with E-state index in [1.807, 2.05) is 6.20 Å². The van der Waals surface area contributed by atoms with E-state index in [0.29, 0.717) is 0 Å². The van der Waals surface area contributed by atoms with E-state index in [4.69, 9.17) is 0 Å². The molecule has 1 aromatic rings. The van der Waals surface area contributed by atoms with Crippen molar-refractivity contribution in [2.75, 3.05) is 24.5 Å². The predicted octanol–water partition coefficient (Wildman–Crippen LogP) is 3.06. The second kappa shape index (κ2) is 6.90. The molecule has 0 bridgehead atoms. The maximum atomic E-state index is 4.45. The molecule has 1 fully saturated rings. The van der Waals surface area contributed by atoms with Gasteiger partial charge in [0.05, 0.1) is 5.69 Å². The van der Waals surface area contributed by atoms with Crippen molar-refractivity contribution in [1.29, 1.82) is 0 Å². The Labute approximate surface area is 117 Å². The molecular formula is C16H27N3. The number of nitrogens with zero attached hydrogens (tertiary/aromatic N) is 2. The van der Waals surface area contributed by atoms with Crippen LogP contribution in [0.5, 0.6) is 0 Å². The number of aromatic nitrogens is 1. The van der Waals surface area contributed by atoms with Crippen molar-refractivity contribution in [1.82, 2.24) is 10.3 Å². The fourth-order valence-corrected chi connectivity index (χ4v) is 2.65. The Balaban J connectivity index is 1.98. The van der Waals surface area contributed by atoms with Gasteiger partial charge in [0.25, 0.3) is 0 Å².